The van der Waals surface area contributed by atoms with Crippen molar-refractivity contribution in [1.29, 1.82) is 0 Å². The Morgan fingerprint density at radius 1 is 1.80 bits per heavy atom. The zero-order valence-electron chi connectivity index (χ0n) is 5.56. The van der Waals surface area contributed by atoms with Gasteiger partial charge in [-0.1, -0.05) is 0 Å². The van der Waals surface area contributed by atoms with Gasteiger partial charge in [0.05, 0.1) is 4.88 Å². The van der Waals surface area contributed by atoms with E-state index in [1.54, 1.807) is 6.92 Å². The Morgan fingerprint density at radius 3 is 2.80 bits per heavy atom. The normalized spacial score (nSPS) is 9.80. The molecule has 0 aliphatic heterocycles. The molecule has 3 heteroatoms. The molecule has 0 spiro atoms. The molecule has 54 valence electrons. The number of carbonyl (C=O) groups is 1. The molecule has 0 fully saturated rings. The molecule has 1 aromatic rings. The van der Waals surface area contributed by atoms with Crippen molar-refractivity contribution in [3.63, 3.8) is 0 Å². The number of rotatable bonds is 2. The molecule has 0 saturated heterocycles. The molecule has 1 aromatic heterocycles. The zero-order valence-corrected chi connectivity index (χ0v) is 7.13. The van der Waals surface area contributed by atoms with Gasteiger partial charge in [0.15, 0.2) is 5.78 Å². The van der Waals surface area contributed by atoms with Crippen molar-refractivity contribution >= 4 is 28.7 Å². The van der Waals surface area contributed by atoms with Crippen molar-refractivity contribution in [1.82, 2.24) is 0 Å². The molecular formula is C7H7ClOS. The SMILES string of the molecule is CC(=O)c1cc(CCl)cs1. The first-order valence-electron chi connectivity index (χ1n) is 2.88. The van der Waals surface area contributed by atoms with Crippen molar-refractivity contribution in [3.8, 4) is 0 Å². The van der Waals surface area contributed by atoms with Crippen LogP contribution in [0.15, 0.2) is 11.4 Å². The molecule has 0 aromatic carbocycles. The van der Waals surface area contributed by atoms with E-state index in [-0.39, 0.29) is 5.78 Å². The lowest BCUT2D eigenvalue weighted by atomic mass is 10.3. The van der Waals surface area contributed by atoms with Gasteiger partial charge >= 0.3 is 0 Å². The average molecular weight is 175 g/mol. The minimum absolute atomic E-state index is 0.112. The first-order chi connectivity index (χ1) is 4.74. The van der Waals surface area contributed by atoms with Crippen LogP contribution in [0.2, 0.25) is 0 Å². The second-order valence-corrected chi connectivity index (χ2v) is 3.19. The van der Waals surface area contributed by atoms with E-state index in [4.69, 9.17) is 11.6 Å². The molecule has 0 bridgehead atoms. The molecule has 0 radical (unpaired) electrons. The molecule has 0 atom stereocenters. The summed E-state index contributed by atoms with van der Waals surface area (Å²) in [4.78, 5) is 11.5. The van der Waals surface area contributed by atoms with Gasteiger partial charge in [-0.05, 0) is 23.9 Å². The topological polar surface area (TPSA) is 17.1 Å². The standard InChI is InChI=1S/C7H7ClOS/c1-5(9)7-2-6(3-8)4-10-7/h2,4H,3H2,1H3. The van der Waals surface area contributed by atoms with Crippen molar-refractivity contribution in [2.75, 3.05) is 0 Å². The zero-order chi connectivity index (χ0) is 7.56. The lowest BCUT2D eigenvalue weighted by Gasteiger charge is -1.82. The third kappa shape index (κ3) is 1.58. The Bertz CT molecular complexity index is 242. The third-order valence-electron chi connectivity index (χ3n) is 1.16. The first kappa shape index (κ1) is 7.76. The van der Waals surface area contributed by atoms with Gasteiger partial charge in [-0.25, -0.2) is 0 Å². The highest BCUT2D eigenvalue weighted by atomic mass is 35.5. The molecule has 0 aliphatic carbocycles. The third-order valence-corrected chi connectivity index (χ3v) is 2.54. The number of thiophene rings is 1. The minimum atomic E-state index is 0.112. The fourth-order valence-corrected chi connectivity index (χ4v) is 1.69. The van der Waals surface area contributed by atoms with Crippen LogP contribution >= 0.6 is 22.9 Å². The smallest absolute Gasteiger partial charge is 0.169 e. The molecule has 0 aliphatic rings. The van der Waals surface area contributed by atoms with Gasteiger partial charge in [0.2, 0.25) is 0 Å². The summed E-state index contributed by atoms with van der Waals surface area (Å²) in [6.45, 7) is 1.56. The Kier molecular flexibility index (Phi) is 2.46. The maximum atomic E-state index is 10.7. The van der Waals surface area contributed by atoms with E-state index < -0.39 is 0 Å². The molecule has 0 unspecified atom stereocenters. The molecule has 0 N–H and O–H groups in total. The summed E-state index contributed by atoms with van der Waals surface area (Å²) < 4.78 is 0. The number of ketones is 1. The van der Waals surface area contributed by atoms with Crippen LogP contribution in [0.5, 0.6) is 0 Å². The van der Waals surface area contributed by atoms with Crippen LogP contribution in [-0.4, -0.2) is 5.78 Å². The number of Topliss-reactive ketones (excluding diaryl/α,β-unsaturated/α-hetero) is 1. The lowest BCUT2D eigenvalue weighted by molar-refractivity contribution is 0.102. The number of halogens is 1. The summed E-state index contributed by atoms with van der Waals surface area (Å²) in [5, 5.41) is 1.91. The van der Waals surface area contributed by atoms with Crippen LogP contribution in [0.4, 0.5) is 0 Å². The predicted molar refractivity (Wildman–Crippen MR) is 43.9 cm³/mol. The Hall–Kier alpha value is -0.340. The Labute approximate surface area is 68.6 Å². The minimum Gasteiger partial charge on any atom is -0.294 e. The van der Waals surface area contributed by atoms with Gasteiger partial charge in [-0.15, -0.1) is 22.9 Å². The first-order valence-corrected chi connectivity index (χ1v) is 4.29. The van der Waals surface area contributed by atoms with E-state index in [2.05, 4.69) is 0 Å². The highest BCUT2D eigenvalue weighted by molar-refractivity contribution is 7.12. The summed E-state index contributed by atoms with van der Waals surface area (Å²) in [5.41, 5.74) is 1.02. The van der Waals surface area contributed by atoms with E-state index in [1.165, 1.54) is 11.3 Å². The molecule has 0 saturated carbocycles. The molecule has 10 heavy (non-hydrogen) atoms. The lowest BCUT2D eigenvalue weighted by Crippen LogP contribution is -1.84. The van der Waals surface area contributed by atoms with Gasteiger partial charge in [-0.2, -0.15) is 0 Å². The number of alkyl halides is 1. The van der Waals surface area contributed by atoms with Gasteiger partial charge in [0.1, 0.15) is 0 Å². The van der Waals surface area contributed by atoms with Gasteiger partial charge in [0.25, 0.3) is 0 Å². The Balaban J connectivity index is 2.88. The summed E-state index contributed by atoms with van der Waals surface area (Å²) in [6, 6.07) is 1.83. The number of carbonyl (C=O) groups excluding carboxylic acids is 1. The molecule has 0 amide bonds. The number of hydrogen-bond acceptors (Lipinski definition) is 2. The van der Waals surface area contributed by atoms with Crippen LogP contribution < -0.4 is 0 Å². The average Bonchev–Trinajstić information content (AvgIpc) is 2.34. The molecule has 1 heterocycles. The van der Waals surface area contributed by atoms with Crippen LogP contribution in [0, 0.1) is 0 Å². The molecular weight excluding hydrogens is 168 g/mol. The fourth-order valence-electron chi connectivity index (χ4n) is 0.630. The molecule has 1 nitrogen and oxygen atoms in total. The Morgan fingerprint density at radius 2 is 2.50 bits per heavy atom. The summed E-state index contributed by atoms with van der Waals surface area (Å²) in [5.74, 6) is 0.602. The highest BCUT2D eigenvalue weighted by Crippen LogP contribution is 2.16. The second-order valence-electron chi connectivity index (χ2n) is 2.01. The van der Waals surface area contributed by atoms with Gasteiger partial charge in [-0.3, -0.25) is 4.79 Å². The van der Waals surface area contributed by atoms with E-state index in [0.29, 0.717) is 5.88 Å². The second kappa shape index (κ2) is 3.17. The van der Waals surface area contributed by atoms with Crippen LogP contribution in [0.25, 0.3) is 0 Å². The fraction of sp³-hybridized carbons (Fsp3) is 0.286. The maximum absolute atomic E-state index is 10.7. The van der Waals surface area contributed by atoms with Crippen LogP contribution in [0.3, 0.4) is 0 Å². The summed E-state index contributed by atoms with van der Waals surface area (Å²) >= 11 is 6.99. The predicted octanol–water partition coefficient (Wildman–Crippen LogP) is 2.69. The van der Waals surface area contributed by atoms with Crippen LogP contribution in [-0.2, 0) is 5.88 Å². The van der Waals surface area contributed by atoms with E-state index in [9.17, 15) is 4.79 Å². The monoisotopic (exact) mass is 174 g/mol. The van der Waals surface area contributed by atoms with Crippen molar-refractivity contribution < 1.29 is 4.79 Å². The van der Waals surface area contributed by atoms with Crippen molar-refractivity contribution in [2.45, 2.75) is 12.8 Å². The highest BCUT2D eigenvalue weighted by Gasteiger charge is 2.01. The van der Waals surface area contributed by atoms with Crippen molar-refractivity contribution in [3.05, 3.63) is 21.9 Å². The van der Waals surface area contributed by atoms with E-state index >= 15 is 0 Å². The van der Waals surface area contributed by atoms with Crippen LogP contribution in [0.1, 0.15) is 22.2 Å². The summed E-state index contributed by atoms with van der Waals surface area (Å²) in [7, 11) is 0. The quantitative estimate of drug-likeness (QED) is 0.498. The van der Waals surface area contributed by atoms with E-state index in [1.807, 2.05) is 11.4 Å². The molecule has 1 rings (SSSR count). The van der Waals surface area contributed by atoms with Crippen molar-refractivity contribution in [2.24, 2.45) is 0 Å². The largest absolute Gasteiger partial charge is 0.294 e. The van der Waals surface area contributed by atoms with Gasteiger partial charge < -0.3 is 0 Å². The maximum Gasteiger partial charge on any atom is 0.169 e. The number of hydrogen-bond donors (Lipinski definition) is 0. The van der Waals surface area contributed by atoms with Gasteiger partial charge in [0, 0.05) is 5.88 Å². The summed E-state index contributed by atoms with van der Waals surface area (Å²) in [6.07, 6.45) is 0. The van der Waals surface area contributed by atoms with E-state index in [0.717, 1.165) is 10.4 Å².